The zero-order valence-corrected chi connectivity index (χ0v) is 13.2. The first-order chi connectivity index (χ1) is 9.77. The van der Waals surface area contributed by atoms with Gasteiger partial charge < -0.3 is 20.1 Å². The number of carboxylic acid groups (broad SMARTS) is 1. The summed E-state index contributed by atoms with van der Waals surface area (Å²) in [7, 11) is 0. The molecule has 0 aliphatic carbocycles. The molecule has 0 aliphatic heterocycles. The lowest BCUT2D eigenvalue weighted by Gasteiger charge is -2.27. The summed E-state index contributed by atoms with van der Waals surface area (Å²) in [5.41, 5.74) is 0. The summed E-state index contributed by atoms with van der Waals surface area (Å²) in [4.78, 5) is 35.4. The van der Waals surface area contributed by atoms with Crippen LogP contribution in [0.1, 0.15) is 47.0 Å². The molecule has 0 radical (unpaired) electrons. The van der Waals surface area contributed by atoms with Gasteiger partial charge in [0.25, 0.3) is 0 Å². The van der Waals surface area contributed by atoms with Gasteiger partial charge >= 0.3 is 18.0 Å². The van der Waals surface area contributed by atoms with Gasteiger partial charge in [-0.1, -0.05) is 0 Å². The van der Waals surface area contributed by atoms with Gasteiger partial charge in [0.1, 0.15) is 6.54 Å². The van der Waals surface area contributed by atoms with Crippen molar-refractivity contribution in [1.29, 1.82) is 0 Å². The molecule has 7 nitrogen and oxygen atoms in total. The lowest BCUT2D eigenvalue weighted by molar-refractivity contribution is -0.144. The minimum absolute atomic E-state index is 0.0803. The molecule has 0 heterocycles. The summed E-state index contributed by atoms with van der Waals surface area (Å²) in [5.74, 6) is -1.29. The number of rotatable bonds is 9. The fraction of sp³-hybridized carbons (Fsp3) is 0.786. The Labute approximate surface area is 125 Å². The van der Waals surface area contributed by atoms with Crippen LogP contribution in [0.3, 0.4) is 0 Å². The van der Waals surface area contributed by atoms with E-state index in [0.29, 0.717) is 12.8 Å². The Balaban J connectivity index is 4.34. The summed E-state index contributed by atoms with van der Waals surface area (Å²) in [6.45, 7) is 7.32. The average Bonchev–Trinajstić information content (AvgIpc) is 2.35. The molecule has 0 spiro atoms. The number of amides is 2. The number of carbonyl (C=O) groups is 3. The SMILES string of the molecule is CCOC(=O)CN(C(=O)NC(C)CCCC(=O)O)C(C)C. The zero-order valence-electron chi connectivity index (χ0n) is 13.2. The van der Waals surface area contributed by atoms with Crippen LogP contribution >= 0.6 is 0 Å². The molecule has 1 atom stereocenters. The number of carboxylic acids is 1. The van der Waals surface area contributed by atoms with Crippen LogP contribution in [0, 0.1) is 0 Å². The van der Waals surface area contributed by atoms with Gasteiger partial charge in [-0.2, -0.15) is 0 Å². The molecular weight excluding hydrogens is 276 g/mol. The van der Waals surface area contributed by atoms with E-state index in [1.165, 1.54) is 4.90 Å². The molecule has 0 fully saturated rings. The van der Waals surface area contributed by atoms with E-state index < -0.39 is 11.9 Å². The van der Waals surface area contributed by atoms with E-state index in [2.05, 4.69) is 5.32 Å². The van der Waals surface area contributed by atoms with E-state index >= 15 is 0 Å². The molecular formula is C14H26N2O5. The maximum atomic E-state index is 12.1. The minimum atomic E-state index is -0.848. The number of aliphatic carboxylic acids is 1. The largest absolute Gasteiger partial charge is 0.481 e. The monoisotopic (exact) mass is 302 g/mol. The first-order valence-electron chi connectivity index (χ1n) is 7.22. The highest BCUT2D eigenvalue weighted by Crippen LogP contribution is 2.04. The fourth-order valence-corrected chi connectivity index (χ4v) is 1.76. The Kier molecular flexibility index (Phi) is 9.16. The van der Waals surface area contributed by atoms with Gasteiger partial charge in [-0.05, 0) is 40.5 Å². The molecule has 122 valence electrons. The maximum absolute atomic E-state index is 12.1. The predicted molar refractivity (Wildman–Crippen MR) is 78.0 cm³/mol. The number of hydrogen-bond acceptors (Lipinski definition) is 4. The van der Waals surface area contributed by atoms with Crippen molar-refractivity contribution in [2.75, 3.05) is 13.2 Å². The Bertz CT molecular complexity index is 357. The quantitative estimate of drug-likeness (QED) is 0.631. The molecule has 2 N–H and O–H groups in total. The van der Waals surface area contributed by atoms with Gasteiger partial charge in [0.2, 0.25) is 0 Å². The van der Waals surface area contributed by atoms with Crippen molar-refractivity contribution in [1.82, 2.24) is 10.2 Å². The molecule has 0 saturated heterocycles. The third kappa shape index (κ3) is 8.88. The van der Waals surface area contributed by atoms with E-state index in [1.807, 2.05) is 20.8 Å². The highest BCUT2D eigenvalue weighted by Gasteiger charge is 2.21. The molecule has 0 aliphatic rings. The van der Waals surface area contributed by atoms with Gasteiger partial charge in [-0.25, -0.2) is 4.79 Å². The van der Waals surface area contributed by atoms with Gasteiger partial charge in [0.05, 0.1) is 6.61 Å². The maximum Gasteiger partial charge on any atom is 0.325 e. The van der Waals surface area contributed by atoms with Crippen LogP contribution in [-0.4, -0.2) is 53.2 Å². The summed E-state index contributed by atoms with van der Waals surface area (Å²) >= 11 is 0. The van der Waals surface area contributed by atoms with E-state index in [0.717, 1.165) is 0 Å². The number of hydrogen-bond donors (Lipinski definition) is 2. The van der Waals surface area contributed by atoms with Crippen molar-refractivity contribution in [2.45, 2.75) is 59.0 Å². The molecule has 0 aromatic rings. The summed E-state index contributed by atoms with van der Waals surface area (Å²) in [6.07, 6.45) is 1.15. The van der Waals surface area contributed by atoms with Crippen LogP contribution in [0.2, 0.25) is 0 Å². The van der Waals surface area contributed by atoms with Gasteiger partial charge in [-0.15, -0.1) is 0 Å². The Morgan fingerprint density at radius 1 is 1.24 bits per heavy atom. The first kappa shape index (κ1) is 19.2. The van der Waals surface area contributed by atoms with Crippen LogP contribution in [0.15, 0.2) is 0 Å². The number of urea groups is 1. The van der Waals surface area contributed by atoms with Crippen LogP contribution in [0.5, 0.6) is 0 Å². The number of nitrogens with zero attached hydrogens (tertiary/aromatic N) is 1. The normalized spacial score (nSPS) is 11.9. The third-order valence-corrected chi connectivity index (χ3v) is 2.89. The number of esters is 1. The molecule has 0 aromatic carbocycles. The number of nitrogens with one attached hydrogen (secondary N) is 1. The van der Waals surface area contributed by atoms with Gasteiger partial charge in [-0.3, -0.25) is 9.59 Å². The standard InChI is InChI=1S/C14H26N2O5/c1-5-21-13(19)9-16(10(2)3)14(20)15-11(4)7-6-8-12(17)18/h10-11H,5-9H2,1-4H3,(H,15,20)(H,17,18). The fourth-order valence-electron chi connectivity index (χ4n) is 1.76. The van der Waals surface area contributed by atoms with Crippen molar-refractivity contribution in [3.8, 4) is 0 Å². The van der Waals surface area contributed by atoms with Crippen molar-refractivity contribution in [3.05, 3.63) is 0 Å². The van der Waals surface area contributed by atoms with E-state index in [-0.39, 0.29) is 37.7 Å². The van der Waals surface area contributed by atoms with E-state index in [1.54, 1.807) is 6.92 Å². The Morgan fingerprint density at radius 2 is 1.86 bits per heavy atom. The van der Waals surface area contributed by atoms with E-state index in [9.17, 15) is 14.4 Å². The zero-order chi connectivity index (χ0) is 16.4. The Hall–Kier alpha value is -1.79. The number of carbonyl (C=O) groups excluding carboxylic acids is 2. The lowest BCUT2D eigenvalue weighted by atomic mass is 10.1. The topological polar surface area (TPSA) is 95.9 Å². The van der Waals surface area contributed by atoms with Crippen LogP contribution in [-0.2, 0) is 14.3 Å². The minimum Gasteiger partial charge on any atom is -0.481 e. The molecule has 0 aromatic heterocycles. The average molecular weight is 302 g/mol. The van der Waals surface area contributed by atoms with Crippen molar-refractivity contribution >= 4 is 18.0 Å². The van der Waals surface area contributed by atoms with Crippen LogP contribution < -0.4 is 5.32 Å². The second-order valence-corrected chi connectivity index (χ2v) is 5.16. The summed E-state index contributed by atoms with van der Waals surface area (Å²) in [5, 5.41) is 11.3. The summed E-state index contributed by atoms with van der Waals surface area (Å²) < 4.78 is 4.84. The molecule has 2 amide bonds. The highest BCUT2D eigenvalue weighted by molar-refractivity contribution is 5.81. The third-order valence-electron chi connectivity index (χ3n) is 2.89. The lowest BCUT2D eigenvalue weighted by Crippen LogP contribution is -2.49. The molecule has 21 heavy (non-hydrogen) atoms. The smallest absolute Gasteiger partial charge is 0.325 e. The van der Waals surface area contributed by atoms with Crippen LogP contribution in [0.4, 0.5) is 4.79 Å². The molecule has 7 heteroatoms. The molecule has 0 bridgehead atoms. The van der Waals surface area contributed by atoms with Crippen molar-refractivity contribution < 1.29 is 24.2 Å². The van der Waals surface area contributed by atoms with E-state index in [4.69, 9.17) is 9.84 Å². The van der Waals surface area contributed by atoms with Crippen LogP contribution in [0.25, 0.3) is 0 Å². The number of ether oxygens (including phenoxy) is 1. The molecule has 0 saturated carbocycles. The predicted octanol–water partition coefficient (Wildman–Crippen LogP) is 1.61. The van der Waals surface area contributed by atoms with Gasteiger partial charge in [0.15, 0.2) is 0 Å². The van der Waals surface area contributed by atoms with Crippen molar-refractivity contribution in [2.24, 2.45) is 0 Å². The second-order valence-electron chi connectivity index (χ2n) is 5.16. The first-order valence-corrected chi connectivity index (χ1v) is 7.22. The van der Waals surface area contributed by atoms with Gasteiger partial charge in [0, 0.05) is 18.5 Å². The second kappa shape index (κ2) is 10.0. The molecule has 1 unspecified atom stereocenters. The molecule has 0 rings (SSSR count). The highest BCUT2D eigenvalue weighted by atomic mass is 16.5. The summed E-state index contributed by atoms with van der Waals surface area (Å²) in [6, 6.07) is -0.637. The Morgan fingerprint density at radius 3 is 2.33 bits per heavy atom. The van der Waals surface area contributed by atoms with Crippen molar-refractivity contribution in [3.63, 3.8) is 0 Å².